The highest BCUT2D eigenvalue weighted by molar-refractivity contribution is 5.91. The number of anilines is 1. The van der Waals surface area contributed by atoms with Crippen molar-refractivity contribution >= 4 is 11.9 Å². The van der Waals surface area contributed by atoms with Crippen molar-refractivity contribution in [3.05, 3.63) is 5.82 Å². The molecule has 0 bridgehead atoms. The fraction of sp³-hybridized carbons (Fsp3) is 0.625. The summed E-state index contributed by atoms with van der Waals surface area (Å²) in [5.74, 6) is 0.232. The maximum Gasteiger partial charge on any atom is 0.291 e. The largest absolute Gasteiger partial charge is 0.366 e. The fourth-order valence-electron chi connectivity index (χ4n) is 1.46. The van der Waals surface area contributed by atoms with E-state index in [1.807, 2.05) is 6.92 Å². The van der Waals surface area contributed by atoms with E-state index < -0.39 is 0 Å². The summed E-state index contributed by atoms with van der Waals surface area (Å²) in [4.78, 5) is 17.4. The molecule has 0 radical (unpaired) electrons. The van der Waals surface area contributed by atoms with E-state index in [1.54, 1.807) is 4.90 Å². The van der Waals surface area contributed by atoms with Gasteiger partial charge in [0.2, 0.25) is 11.8 Å². The predicted octanol–water partition coefficient (Wildman–Crippen LogP) is 0.0114. The average molecular weight is 195 g/mol. The van der Waals surface area contributed by atoms with E-state index in [1.165, 1.54) is 0 Å². The zero-order valence-corrected chi connectivity index (χ0v) is 8.03. The first-order valence-electron chi connectivity index (χ1n) is 4.71. The van der Waals surface area contributed by atoms with Gasteiger partial charge in [-0.05, 0) is 19.8 Å². The van der Waals surface area contributed by atoms with Crippen LogP contribution in [-0.4, -0.2) is 38.6 Å². The number of nitrogens with two attached hydrogens (primary N) is 1. The van der Waals surface area contributed by atoms with Crippen molar-refractivity contribution in [2.75, 3.05) is 12.3 Å². The number of carbonyl (C=O) groups is 1. The Hall–Kier alpha value is -1.59. The van der Waals surface area contributed by atoms with E-state index in [2.05, 4.69) is 15.2 Å². The molecule has 2 rings (SSSR count). The Morgan fingerprint density at radius 2 is 2.43 bits per heavy atom. The second-order valence-corrected chi connectivity index (χ2v) is 3.36. The van der Waals surface area contributed by atoms with Crippen molar-refractivity contribution in [1.82, 2.24) is 20.1 Å². The molecule has 6 heteroatoms. The molecule has 1 aliphatic carbocycles. The van der Waals surface area contributed by atoms with Crippen molar-refractivity contribution in [1.29, 1.82) is 0 Å². The van der Waals surface area contributed by atoms with Gasteiger partial charge in [0.15, 0.2) is 0 Å². The molecular formula is C8H13N5O. The van der Waals surface area contributed by atoms with E-state index >= 15 is 0 Å². The van der Waals surface area contributed by atoms with E-state index in [0.717, 1.165) is 12.8 Å². The number of carbonyl (C=O) groups excluding carboxylic acids is 1. The summed E-state index contributed by atoms with van der Waals surface area (Å²) in [5, 5.41) is 6.15. The molecule has 1 fully saturated rings. The Morgan fingerprint density at radius 3 is 2.86 bits per heavy atom. The minimum absolute atomic E-state index is 0.111. The number of amides is 1. The van der Waals surface area contributed by atoms with Gasteiger partial charge < -0.3 is 10.6 Å². The maximum atomic E-state index is 11.8. The van der Waals surface area contributed by atoms with Gasteiger partial charge in [0.25, 0.3) is 5.91 Å². The summed E-state index contributed by atoms with van der Waals surface area (Å²) in [6.45, 7) is 2.65. The molecule has 1 amide bonds. The highest BCUT2D eigenvalue weighted by Crippen LogP contribution is 2.27. The molecule has 0 aromatic carbocycles. The first kappa shape index (κ1) is 8.98. The van der Waals surface area contributed by atoms with Crippen LogP contribution in [0.25, 0.3) is 0 Å². The van der Waals surface area contributed by atoms with Gasteiger partial charge >= 0.3 is 0 Å². The number of H-pyrrole nitrogens is 1. The summed E-state index contributed by atoms with van der Waals surface area (Å²) in [6, 6.07) is 0.388. The van der Waals surface area contributed by atoms with Crippen molar-refractivity contribution in [3.63, 3.8) is 0 Å². The molecule has 0 unspecified atom stereocenters. The van der Waals surface area contributed by atoms with Crippen LogP contribution in [0.4, 0.5) is 5.95 Å². The van der Waals surface area contributed by atoms with Crippen molar-refractivity contribution in [3.8, 4) is 0 Å². The molecule has 0 spiro atoms. The van der Waals surface area contributed by atoms with E-state index in [0.29, 0.717) is 12.6 Å². The SMILES string of the molecule is CCN(C(=O)c1nc(N)n[nH]1)C1CC1. The van der Waals surface area contributed by atoms with Gasteiger partial charge in [0, 0.05) is 12.6 Å². The molecule has 1 aromatic heterocycles. The number of rotatable bonds is 3. The van der Waals surface area contributed by atoms with E-state index in [9.17, 15) is 4.79 Å². The first-order chi connectivity index (χ1) is 6.72. The molecular weight excluding hydrogens is 182 g/mol. The zero-order valence-electron chi connectivity index (χ0n) is 8.03. The fourth-order valence-corrected chi connectivity index (χ4v) is 1.46. The average Bonchev–Trinajstić information content (AvgIpc) is 2.90. The Balaban J connectivity index is 2.13. The van der Waals surface area contributed by atoms with Gasteiger partial charge in [-0.25, -0.2) is 0 Å². The molecule has 1 heterocycles. The normalized spacial score (nSPS) is 15.5. The minimum Gasteiger partial charge on any atom is -0.366 e. The summed E-state index contributed by atoms with van der Waals surface area (Å²) < 4.78 is 0. The van der Waals surface area contributed by atoms with Crippen molar-refractivity contribution < 1.29 is 4.79 Å². The standard InChI is InChI=1S/C8H13N5O/c1-2-13(5-3-4-5)7(14)6-10-8(9)12-11-6/h5H,2-4H2,1H3,(H3,9,10,11,12). The molecule has 6 nitrogen and oxygen atoms in total. The van der Waals surface area contributed by atoms with Crippen LogP contribution < -0.4 is 5.73 Å². The molecule has 0 saturated heterocycles. The molecule has 1 aliphatic rings. The summed E-state index contributed by atoms with van der Waals surface area (Å²) in [6.07, 6.45) is 2.17. The molecule has 14 heavy (non-hydrogen) atoms. The van der Waals surface area contributed by atoms with Gasteiger partial charge in [0.05, 0.1) is 0 Å². The third kappa shape index (κ3) is 1.55. The molecule has 0 aliphatic heterocycles. The predicted molar refractivity (Wildman–Crippen MR) is 50.5 cm³/mol. The lowest BCUT2D eigenvalue weighted by Crippen LogP contribution is -2.33. The molecule has 1 aromatic rings. The Morgan fingerprint density at radius 1 is 1.71 bits per heavy atom. The van der Waals surface area contributed by atoms with Crippen LogP contribution in [0.3, 0.4) is 0 Å². The van der Waals surface area contributed by atoms with Gasteiger partial charge in [-0.1, -0.05) is 0 Å². The van der Waals surface area contributed by atoms with Gasteiger partial charge in [-0.15, -0.1) is 5.10 Å². The third-order valence-corrected chi connectivity index (χ3v) is 2.29. The third-order valence-electron chi connectivity index (χ3n) is 2.29. The summed E-state index contributed by atoms with van der Waals surface area (Å²) in [7, 11) is 0. The Labute approximate surface area is 81.5 Å². The Bertz CT molecular complexity index is 343. The summed E-state index contributed by atoms with van der Waals surface area (Å²) in [5.41, 5.74) is 5.33. The van der Waals surface area contributed by atoms with Crippen LogP contribution in [0.2, 0.25) is 0 Å². The lowest BCUT2D eigenvalue weighted by molar-refractivity contribution is 0.0740. The van der Waals surface area contributed by atoms with Crippen LogP contribution in [0, 0.1) is 0 Å². The number of aromatic amines is 1. The second-order valence-electron chi connectivity index (χ2n) is 3.36. The molecule has 3 N–H and O–H groups in total. The zero-order chi connectivity index (χ0) is 10.1. The molecule has 1 saturated carbocycles. The second kappa shape index (κ2) is 3.28. The monoisotopic (exact) mass is 195 g/mol. The van der Waals surface area contributed by atoms with Gasteiger partial charge in [-0.3, -0.25) is 9.89 Å². The van der Waals surface area contributed by atoms with Crippen molar-refractivity contribution in [2.45, 2.75) is 25.8 Å². The number of nitrogens with zero attached hydrogens (tertiary/aromatic N) is 3. The Kier molecular flexibility index (Phi) is 2.11. The highest BCUT2D eigenvalue weighted by atomic mass is 16.2. The highest BCUT2D eigenvalue weighted by Gasteiger charge is 2.33. The smallest absolute Gasteiger partial charge is 0.291 e. The topological polar surface area (TPSA) is 87.9 Å². The number of nitrogen functional groups attached to an aromatic ring is 1. The van der Waals surface area contributed by atoms with Gasteiger partial charge in [-0.2, -0.15) is 4.98 Å². The molecule has 0 atom stereocenters. The number of aromatic nitrogens is 3. The lowest BCUT2D eigenvalue weighted by Gasteiger charge is -2.18. The minimum atomic E-state index is -0.112. The van der Waals surface area contributed by atoms with Crippen LogP contribution in [-0.2, 0) is 0 Å². The van der Waals surface area contributed by atoms with E-state index in [4.69, 9.17) is 5.73 Å². The lowest BCUT2D eigenvalue weighted by atomic mass is 10.4. The first-order valence-corrected chi connectivity index (χ1v) is 4.71. The van der Waals surface area contributed by atoms with Crippen LogP contribution >= 0.6 is 0 Å². The van der Waals surface area contributed by atoms with Crippen LogP contribution in [0.15, 0.2) is 0 Å². The number of hydrogen-bond donors (Lipinski definition) is 2. The van der Waals surface area contributed by atoms with Crippen LogP contribution in [0.5, 0.6) is 0 Å². The summed E-state index contributed by atoms with van der Waals surface area (Å²) >= 11 is 0. The molecule has 76 valence electrons. The number of hydrogen-bond acceptors (Lipinski definition) is 4. The number of nitrogens with one attached hydrogen (secondary N) is 1. The van der Waals surface area contributed by atoms with Gasteiger partial charge in [0.1, 0.15) is 0 Å². The van der Waals surface area contributed by atoms with E-state index in [-0.39, 0.29) is 17.7 Å². The quantitative estimate of drug-likeness (QED) is 0.711. The maximum absolute atomic E-state index is 11.8. The van der Waals surface area contributed by atoms with Crippen molar-refractivity contribution in [2.24, 2.45) is 0 Å². The van der Waals surface area contributed by atoms with Crippen LogP contribution in [0.1, 0.15) is 30.4 Å².